The number of rotatable bonds is 6. The van der Waals surface area contributed by atoms with Crippen molar-refractivity contribution in [3.63, 3.8) is 0 Å². The molecule has 1 aliphatic heterocycles. The Morgan fingerprint density at radius 1 is 1.22 bits per heavy atom. The van der Waals surface area contributed by atoms with Crippen LogP contribution in [0.2, 0.25) is 0 Å². The lowest BCUT2D eigenvalue weighted by Gasteiger charge is -2.33. The fourth-order valence-corrected chi connectivity index (χ4v) is 3.04. The molecule has 0 radical (unpaired) electrons. The normalized spacial score (nSPS) is 16.7. The van der Waals surface area contributed by atoms with Gasteiger partial charge in [0.1, 0.15) is 0 Å². The molecule has 0 aromatic carbocycles. The molecule has 0 amide bonds. The van der Waals surface area contributed by atoms with Crippen LogP contribution in [0, 0.1) is 5.92 Å². The molecule has 1 fully saturated rings. The number of aromatic nitrogens is 2. The highest BCUT2D eigenvalue weighted by atomic mass is 32.2. The number of ether oxygens (including phenoxy) is 2. The van der Waals surface area contributed by atoms with Crippen LogP contribution in [-0.2, 0) is 10.0 Å². The number of hydrogen-bond donors (Lipinski definition) is 0. The van der Waals surface area contributed by atoms with Crippen molar-refractivity contribution in [3.05, 3.63) is 6.07 Å². The zero-order valence-electron chi connectivity index (χ0n) is 14.0. The summed E-state index contributed by atoms with van der Waals surface area (Å²) >= 11 is 0. The first-order valence-electron chi connectivity index (χ1n) is 7.46. The summed E-state index contributed by atoms with van der Waals surface area (Å²) in [4.78, 5) is 10.8. The van der Waals surface area contributed by atoms with E-state index >= 15 is 0 Å². The minimum absolute atomic E-state index is 0.346. The Morgan fingerprint density at radius 2 is 1.74 bits per heavy atom. The summed E-state index contributed by atoms with van der Waals surface area (Å²) in [7, 11) is 1.61. The monoisotopic (exact) mass is 344 g/mol. The van der Waals surface area contributed by atoms with E-state index in [1.54, 1.807) is 27.3 Å². The smallest absolute Gasteiger partial charge is 0.231 e. The Morgan fingerprint density at radius 3 is 2.17 bits per heavy atom. The first kappa shape index (κ1) is 17.7. The molecule has 2 heterocycles. The van der Waals surface area contributed by atoms with Gasteiger partial charge < -0.3 is 14.4 Å². The van der Waals surface area contributed by atoms with Gasteiger partial charge in [0.15, 0.2) is 0 Å². The third-order valence-corrected chi connectivity index (χ3v) is 5.35. The number of hydrogen-bond acceptors (Lipinski definition) is 7. The Labute approximate surface area is 137 Å². The van der Waals surface area contributed by atoms with Crippen LogP contribution in [-0.4, -0.2) is 69.8 Å². The lowest BCUT2D eigenvalue weighted by molar-refractivity contribution is 0.325. The summed E-state index contributed by atoms with van der Waals surface area (Å²) in [5.41, 5.74) is 0. The van der Waals surface area contributed by atoms with Crippen molar-refractivity contribution in [1.29, 1.82) is 0 Å². The highest BCUT2D eigenvalue weighted by Gasteiger charge is 2.25. The Hall–Kier alpha value is -1.61. The molecule has 1 aliphatic rings. The molecule has 1 aromatic rings. The average Bonchev–Trinajstić information content (AvgIpc) is 2.54. The summed E-state index contributed by atoms with van der Waals surface area (Å²) < 4.78 is 34.8. The summed E-state index contributed by atoms with van der Waals surface area (Å²) in [6.45, 7) is 2.10. The molecule has 130 valence electrons. The highest BCUT2D eigenvalue weighted by molar-refractivity contribution is 7.88. The van der Waals surface area contributed by atoms with Crippen LogP contribution in [0.15, 0.2) is 6.07 Å². The van der Waals surface area contributed by atoms with Gasteiger partial charge in [-0.15, -0.1) is 0 Å². The first-order chi connectivity index (χ1) is 10.8. The van der Waals surface area contributed by atoms with Gasteiger partial charge in [0, 0.05) is 26.7 Å². The van der Waals surface area contributed by atoms with Crippen LogP contribution in [0.4, 0.5) is 5.95 Å². The molecular weight excluding hydrogens is 320 g/mol. The van der Waals surface area contributed by atoms with Crippen LogP contribution in [0.1, 0.15) is 12.8 Å². The maximum absolute atomic E-state index is 11.5. The molecule has 8 nitrogen and oxygen atoms in total. The fourth-order valence-electron chi connectivity index (χ4n) is 2.56. The maximum Gasteiger partial charge on any atom is 0.231 e. The Kier molecular flexibility index (Phi) is 5.64. The molecule has 1 saturated heterocycles. The second kappa shape index (κ2) is 7.31. The molecule has 0 atom stereocenters. The molecule has 0 unspecified atom stereocenters. The quantitative estimate of drug-likeness (QED) is 0.747. The van der Waals surface area contributed by atoms with Crippen LogP contribution in [0.25, 0.3) is 0 Å². The standard InChI is InChI=1S/C14H24N4O4S/c1-17(23(4,19)20)10-11-5-7-18(8-6-11)14-15-12(21-2)9-13(16-14)22-3/h9,11H,5-8,10H2,1-4H3. The van der Waals surface area contributed by atoms with Gasteiger partial charge in [-0.2, -0.15) is 9.97 Å². The topological polar surface area (TPSA) is 84.9 Å². The predicted molar refractivity (Wildman–Crippen MR) is 87.5 cm³/mol. The second-order valence-electron chi connectivity index (χ2n) is 5.73. The average molecular weight is 344 g/mol. The Balaban J connectivity index is 1.99. The van der Waals surface area contributed by atoms with Crippen LogP contribution < -0.4 is 14.4 Å². The Bertz CT molecular complexity index is 607. The van der Waals surface area contributed by atoms with Gasteiger partial charge in [-0.1, -0.05) is 0 Å². The number of anilines is 1. The van der Waals surface area contributed by atoms with E-state index in [9.17, 15) is 8.42 Å². The molecule has 0 aliphatic carbocycles. The van der Waals surface area contributed by atoms with Gasteiger partial charge in [-0.3, -0.25) is 0 Å². The molecule has 2 rings (SSSR count). The minimum Gasteiger partial charge on any atom is -0.481 e. The molecule has 1 aromatic heterocycles. The number of methoxy groups -OCH3 is 2. The summed E-state index contributed by atoms with van der Waals surface area (Å²) in [5, 5.41) is 0. The van der Waals surface area contributed by atoms with Crippen LogP contribution in [0.3, 0.4) is 0 Å². The van der Waals surface area contributed by atoms with Crippen molar-refractivity contribution >= 4 is 16.0 Å². The van der Waals surface area contributed by atoms with E-state index in [2.05, 4.69) is 14.9 Å². The molecular formula is C14H24N4O4S. The summed E-state index contributed by atoms with van der Waals surface area (Å²) in [5.74, 6) is 1.85. The van der Waals surface area contributed by atoms with Gasteiger partial charge in [-0.05, 0) is 18.8 Å². The van der Waals surface area contributed by atoms with Crippen molar-refractivity contribution in [3.8, 4) is 11.8 Å². The number of piperidine rings is 1. The lowest BCUT2D eigenvalue weighted by atomic mass is 9.97. The van der Waals surface area contributed by atoms with E-state index in [0.717, 1.165) is 25.9 Å². The lowest BCUT2D eigenvalue weighted by Crippen LogP contribution is -2.39. The first-order valence-corrected chi connectivity index (χ1v) is 9.31. The third kappa shape index (κ3) is 4.68. The summed E-state index contributed by atoms with van der Waals surface area (Å²) in [6.07, 6.45) is 3.02. The SMILES string of the molecule is COc1cc(OC)nc(N2CCC(CN(C)S(C)(=O)=O)CC2)n1. The van der Waals surface area contributed by atoms with Gasteiger partial charge in [0.25, 0.3) is 0 Å². The van der Waals surface area contributed by atoms with Crippen molar-refractivity contribution in [2.24, 2.45) is 5.92 Å². The number of sulfonamides is 1. The molecule has 0 saturated carbocycles. The van der Waals surface area contributed by atoms with Crippen LogP contribution >= 0.6 is 0 Å². The van der Waals surface area contributed by atoms with Crippen LogP contribution in [0.5, 0.6) is 11.8 Å². The van der Waals surface area contributed by atoms with Gasteiger partial charge in [0.2, 0.25) is 27.7 Å². The number of nitrogens with zero attached hydrogens (tertiary/aromatic N) is 4. The fraction of sp³-hybridized carbons (Fsp3) is 0.714. The van der Waals surface area contributed by atoms with E-state index in [4.69, 9.17) is 9.47 Å². The van der Waals surface area contributed by atoms with Gasteiger partial charge >= 0.3 is 0 Å². The van der Waals surface area contributed by atoms with Gasteiger partial charge in [0.05, 0.1) is 26.5 Å². The third-order valence-electron chi connectivity index (χ3n) is 4.06. The van der Waals surface area contributed by atoms with Crippen molar-refractivity contribution < 1.29 is 17.9 Å². The highest BCUT2D eigenvalue weighted by Crippen LogP contribution is 2.25. The van der Waals surface area contributed by atoms with Crippen molar-refractivity contribution in [1.82, 2.24) is 14.3 Å². The second-order valence-corrected chi connectivity index (χ2v) is 7.82. The zero-order chi connectivity index (χ0) is 17.0. The van der Waals surface area contributed by atoms with E-state index < -0.39 is 10.0 Å². The predicted octanol–water partition coefficient (Wildman–Crippen LogP) is 0.602. The van der Waals surface area contributed by atoms with Crippen molar-refractivity contribution in [2.45, 2.75) is 12.8 Å². The van der Waals surface area contributed by atoms with E-state index in [1.165, 1.54) is 10.6 Å². The molecule has 0 bridgehead atoms. The van der Waals surface area contributed by atoms with Crippen molar-refractivity contribution in [2.75, 3.05) is 52.1 Å². The van der Waals surface area contributed by atoms with E-state index in [-0.39, 0.29) is 0 Å². The zero-order valence-corrected chi connectivity index (χ0v) is 14.8. The van der Waals surface area contributed by atoms with Gasteiger partial charge in [-0.25, -0.2) is 12.7 Å². The maximum atomic E-state index is 11.5. The van der Waals surface area contributed by atoms with E-state index in [0.29, 0.717) is 30.2 Å². The van der Waals surface area contributed by atoms with E-state index in [1.807, 2.05) is 0 Å². The minimum atomic E-state index is -3.12. The largest absolute Gasteiger partial charge is 0.481 e. The molecule has 0 spiro atoms. The molecule has 9 heteroatoms. The molecule has 23 heavy (non-hydrogen) atoms. The summed E-state index contributed by atoms with van der Waals surface area (Å²) in [6, 6.07) is 1.64. The molecule has 0 N–H and O–H groups in total.